The van der Waals surface area contributed by atoms with Gasteiger partial charge in [0.25, 0.3) is 0 Å². The first-order chi connectivity index (χ1) is 8.78. The molecule has 0 N–H and O–H groups in total. The number of benzene rings is 1. The predicted octanol–water partition coefficient (Wildman–Crippen LogP) is 3.82. The molecule has 0 radical (unpaired) electrons. The summed E-state index contributed by atoms with van der Waals surface area (Å²) in [6, 6.07) is 11.1. The van der Waals surface area contributed by atoms with Gasteiger partial charge in [0, 0.05) is 0 Å². The average Bonchev–Trinajstić information content (AvgIpc) is 2.96. The second kappa shape index (κ2) is 5.57. The van der Waals surface area contributed by atoms with Gasteiger partial charge in [0.05, 0.1) is 7.11 Å². The Bertz CT molecular complexity index is 470. The van der Waals surface area contributed by atoms with Gasteiger partial charge in [-0.15, -0.1) is 0 Å². The Kier molecular flexibility index (Phi) is 4.07. The number of para-hydroxylation sites is 1. The lowest BCUT2D eigenvalue weighted by molar-refractivity contribution is 0.418. The summed E-state index contributed by atoms with van der Waals surface area (Å²) in [6.45, 7) is 4.67. The summed E-state index contributed by atoms with van der Waals surface area (Å²) in [4.78, 5) is 0. The predicted molar refractivity (Wildman–Crippen MR) is 81.2 cm³/mol. The van der Waals surface area contributed by atoms with Crippen molar-refractivity contribution in [3.8, 4) is 5.75 Å². The molecule has 0 aromatic heterocycles. The first-order valence-electron chi connectivity index (χ1n) is 6.78. The molecular weight excluding hydrogens is 236 g/mol. The quantitative estimate of drug-likeness (QED) is 0.730. The van der Waals surface area contributed by atoms with Crippen molar-refractivity contribution in [3.05, 3.63) is 47.7 Å². The standard InChI is InChI=1S/C16H22OSi/c1-4-18(5-2,14-10-6-7-11-14)16-13-9-8-12-15(16)17-3/h6-10,12-13H,4-5,11H2,1-3H3. The lowest BCUT2D eigenvalue weighted by atomic mass is 10.3. The van der Waals surface area contributed by atoms with E-state index in [0.29, 0.717) is 0 Å². The van der Waals surface area contributed by atoms with E-state index >= 15 is 0 Å². The van der Waals surface area contributed by atoms with E-state index in [0.717, 1.165) is 12.2 Å². The third-order valence-electron chi connectivity index (χ3n) is 4.22. The molecule has 0 bridgehead atoms. The van der Waals surface area contributed by atoms with Gasteiger partial charge in [0.2, 0.25) is 0 Å². The number of ether oxygens (including phenoxy) is 1. The Labute approximate surface area is 111 Å². The summed E-state index contributed by atoms with van der Waals surface area (Å²) in [5.41, 5.74) is 0. The minimum absolute atomic E-state index is 1.07. The summed E-state index contributed by atoms with van der Waals surface area (Å²) in [7, 11) is 0.204. The number of hydrogen-bond acceptors (Lipinski definition) is 1. The number of hydrogen-bond donors (Lipinski definition) is 0. The summed E-state index contributed by atoms with van der Waals surface area (Å²) in [5, 5.41) is 3.12. The molecule has 2 heteroatoms. The molecule has 1 aromatic rings. The molecule has 0 amide bonds. The lowest BCUT2D eigenvalue weighted by Gasteiger charge is -2.33. The highest BCUT2D eigenvalue weighted by molar-refractivity contribution is 6.98. The van der Waals surface area contributed by atoms with E-state index in [1.165, 1.54) is 17.3 Å². The highest BCUT2D eigenvalue weighted by Crippen LogP contribution is 2.32. The third-order valence-corrected chi connectivity index (χ3v) is 9.67. The first-order valence-corrected chi connectivity index (χ1v) is 9.19. The molecule has 0 aliphatic heterocycles. The van der Waals surface area contributed by atoms with Crippen LogP contribution >= 0.6 is 0 Å². The second-order valence-electron chi connectivity index (χ2n) is 4.81. The van der Waals surface area contributed by atoms with Crippen molar-refractivity contribution in [2.24, 2.45) is 0 Å². The van der Waals surface area contributed by atoms with Crippen LogP contribution in [-0.2, 0) is 0 Å². The summed E-state index contributed by atoms with van der Waals surface area (Å²) in [6.07, 6.45) is 7.95. The Hall–Kier alpha value is -1.28. The van der Waals surface area contributed by atoms with E-state index in [2.05, 4.69) is 56.3 Å². The monoisotopic (exact) mass is 258 g/mol. The van der Waals surface area contributed by atoms with Crippen LogP contribution in [0.3, 0.4) is 0 Å². The van der Waals surface area contributed by atoms with E-state index in [1.54, 1.807) is 12.3 Å². The number of methoxy groups -OCH3 is 1. The molecule has 0 unspecified atom stereocenters. The molecule has 0 saturated carbocycles. The Morgan fingerprint density at radius 3 is 2.44 bits per heavy atom. The topological polar surface area (TPSA) is 9.23 Å². The fourth-order valence-electron chi connectivity index (χ4n) is 3.10. The van der Waals surface area contributed by atoms with Crippen LogP contribution in [0.15, 0.2) is 47.7 Å². The molecule has 0 saturated heterocycles. The van der Waals surface area contributed by atoms with Crippen molar-refractivity contribution in [1.29, 1.82) is 0 Å². The van der Waals surface area contributed by atoms with Crippen LogP contribution in [0.2, 0.25) is 12.1 Å². The molecule has 1 aliphatic rings. The van der Waals surface area contributed by atoms with Gasteiger partial charge in [-0.3, -0.25) is 0 Å². The van der Waals surface area contributed by atoms with Gasteiger partial charge in [-0.2, -0.15) is 0 Å². The maximum Gasteiger partial charge on any atom is 0.118 e. The Balaban J connectivity index is 2.53. The highest BCUT2D eigenvalue weighted by Gasteiger charge is 2.37. The zero-order chi connectivity index (χ0) is 13.0. The smallest absolute Gasteiger partial charge is 0.118 e. The van der Waals surface area contributed by atoms with Crippen LogP contribution in [0.25, 0.3) is 0 Å². The zero-order valence-electron chi connectivity index (χ0n) is 11.6. The fourth-order valence-corrected chi connectivity index (χ4v) is 7.61. The molecule has 0 heterocycles. The highest BCUT2D eigenvalue weighted by atomic mass is 28.3. The van der Waals surface area contributed by atoms with Crippen molar-refractivity contribution in [2.75, 3.05) is 7.11 Å². The molecule has 1 aliphatic carbocycles. The van der Waals surface area contributed by atoms with E-state index in [-0.39, 0.29) is 0 Å². The maximum absolute atomic E-state index is 5.60. The van der Waals surface area contributed by atoms with Crippen molar-refractivity contribution in [2.45, 2.75) is 32.4 Å². The third kappa shape index (κ3) is 2.05. The molecule has 1 nitrogen and oxygen atoms in total. The summed E-state index contributed by atoms with van der Waals surface area (Å²) < 4.78 is 5.60. The molecule has 1 aromatic carbocycles. The van der Waals surface area contributed by atoms with Crippen molar-refractivity contribution < 1.29 is 4.74 Å². The summed E-state index contributed by atoms with van der Waals surface area (Å²) in [5.74, 6) is 1.07. The molecular formula is C16H22OSi. The largest absolute Gasteiger partial charge is 0.497 e. The van der Waals surface area contributed by atoms with Gasteiger partial charge in [0.15, 0.2) is 0 Å². The normalized spacial score (nSPS) is 14.7. The second-order valence-corrected chi connectivity index (χ2v) is 9.57. The van der Waals surface area contributed by atoms with Crippen LogP contribution < -0.4 is 9.92 Å². The minimum Gasteiger partial charge on any atom is -0.497 e. The van der Waals surface area contributed by atoms with Crippen LogP contribution in [-0.4, -0.2) is 15.2 Å². The first kappa shape index (κ1) is 13.2. The minimum atomic E-state index is -1.58. The van der Waals surface area contributed by atoms with Crippen molar-refractivity contribution in [3.63, 3.8) is 0 Å². The molecule has 18 heavy (non-hydrogen) atoms. The van der Waals surface area contributed by atoms with Gasteiger partial charge in [-0.1, -0.05) is 67.6 Å². The molecule has 96 valence electrons. The fraction of sp³-hybridized carbons (Fsp3) is 0.375. The molecule has 0 atom stereocenters. The lowest BCUT2D eigenvalue weighted by Crippen LogP contribution is -2.49. The summed E-state index contributed by atoms with van der Waals surface area (Å²) >= 11 is 0. The maximum atomic E-state index is 5.60. The van der Waals surface area contributed by atoms with E-state index < -0.39 is 8.07 Å². The SMILES string of the molecule is CC[Si](CC)(C1=CC=CC1)c1ccccc1OC. The van der Waals surface area contributed by atoms with Gasteiger partial charge < -0.3 is 4.74 Å². The number of rotatable bonds is 5. The van der Waals surface area contributed by atoms with E-state index in [9.17, 15) is 0 Å². The van der Waals surface area contributed by atoms with Gasteiger partial charge in [-0.25, -0.2) is 0 Å². The van der Waals surface area contributed by atoms with Gasteiger partial charge in [0.1, 0.15) is 13.8 Å². The van der Waals surface area contributed by atoms with Crippen molar-refractivity contribution in [1.82, 2.24) is 0 Å². The Morgan fingerprint density at radius 1 is 1.17 bits per heavy atom. The van der Waals surface area contributed by atoms with Gasteiger partial charge in [-0.05, 0) is 17.7 Å². The zero-order valence-corrected chi connectivity index (χ0v) is 12.6. The van der Waals surface area contributed by atoms with Crippen molar-refractivity contribution >= 4 is 13.3 Å². The van der Waals surface area contributed by atoms with E-state index in [4.69, 9.17) is 4.74 Å². The van der Waals surface area contributed by atoms with Crippen LogP contribution in [0.1, 0.15) is 20.3 Å². The molecule has 0 fully saturated rings. The van der Waals surface area contributed by atoms with E-state index in [1.807, 2.05) is 0 Å². The molecule has 0 spiro atoms. The van der Waals surface area contributed by atoms with Crippen LogP contribution in [0.5, 0.6) is 5.75 Å². The average molecular weight is 258 g/mol. The Morgan fingerprint density at radius 2 is 1.89 bits per heavy atom. The van der Waals surface area contributed by atoms with Crippen LogP contribution in [0, 0.1) is 0 Å². The van der Waals surface area contributed by atoms with Gasteiger partial charge >= 0.3 is 0 Å². The molecule has 2 rings (SSSR count). The number of allylic oxidation sites excluding steroid dienone is 4. The van der Waals surface area contributed by atoms with Crippen LogP contribution in [0.4, 0.5) is 0 Å².